The van der Waals surface area contributed by atoms with Gasteiger partial charge >= 0.3 is 5.97 Å². The number of carbonyl (C=O) groups excluding carboxylic acids is 1. The fourth-order valence-corrected chi connectivity index (χ4v) is 1.47. The molecule has 0 aliphatic heterocycles. The first-order valence-corrected chi connectivity index (χ1v) is 6.04. The maximum atomic E-state index is 12.9. The monoisotopic (exact) mass is 285 g/mol. The van der Waals surface area contributed by atoms with E-state index in [4.69, 9.17) is 14.9 Å². The molecule has 1 amide bonds. The van der Waals surface area contributed by atoms with Gasteiger partial charge in [0.2, 0.25) is 5.91 Å². The van der Waals surface area contributed by atoms with Gasteiger partial charge in [-0.25, -0.2) is 9.18 Å². The molecule has 3 N–H and O–H groups in total. The molecule has 110 valence electrons. The summed E-state index contributed by atoms with van der Waals surface area (Å²) in [7, 11) is 0. The van der Waals surface area contributed by atoms with Crippen molar-refractivity contribution in [1.29, 1.82) is 0 Å². The molecule has 0 aromatic heterocycles. The Bertz CT molecular complexity index is 466. The molecule has 6 nitrogen and oxygen atoms in total. The second-order valence-corrected chi connectivity index (χ2v) is 4.03. The van der Waals surface area contributed by atoms with Crippen LogP contribution in [0.4, 0.5) is 4.39 Å². The lowest BCUT2D eigenvalue weighted by Crippen LogP contribution is -2.41. The first-order chi connectivity index (χ1) is 9.52. The van der Waals surface area contributed by atoms with Gasteiger partial charge in [-0.2, -0.15) is 0 Å². The van der Waals surface area contributed by atoms with E-state index in [1.165, 1.54) is 18.2 Å². The smallest absolute Gasteiger partial charge is 0.326 e. The lowest BCUT2D eigenvalue weighted by Gasteiger charge is -2.13. The Hall–Kier alpha value is -2.15. The third-order valence-corrected chi connectivity index (χ3v) is 2.45. The van der Waals surface area contributed by atoms with Gasteiger partial charge in [-0.15, -0.1) is 0 Å². The van der Waals surface area contributed by atoms with Gasteiger partial charge in [-0.1, -0.05) is 6.07 Å². The molecule has 0 bridgehead atoms. The van der Waals surface area contributed by atoms with Crippen LogP contribution >= 0.6 is 0 Å². The number of halogens is 1. The maximum Gasteiger partial charge on any atom is 0.326 e. The average molecular weight is 285 g/mol. The van der Waals surface area contributed by atoms with Crippen molar-refractivity contribution in [3.05, 3.63) is 30.1 Å². The van der Waals surface area contributed by atoms with Gasteiger partial charge in [0.05, 0.1) is 13.0 Å². The van der Waals surface area contributed by atoms with Crippen LogP contribution < -0.4 is 10.1 Å². The molecule has 0 aliphatic rings. The summed E-state index contributed by atoms with van der Waals surface area (Å²) in [5, 5.41) is 19.7. The largest absolute Gasteiger partial charge is 0.493 e. The highest BCUT2D eigenvalue weighted by atomic mass is 19.1. The van der Waals surface area contributed by atoms with Crippen molar-refractivity contribution < 1.29 is 28.9 Å². The maximum absolute atomic E-state index is 12.9. The van der Waals surface area contributed by atoms with Crippen LogP contribution in [0.25, 0.3) is 0 Å². The van der Waals surface area contributed by atoms with Crippen molar-refractivity contribution >= 4 is 11.9 Å². The molecule has 1 aromatic carbocycles. The zero-order valence-corrected chi connectivity index (χ0v) is 10.7. The predicted octanol–water partition coefficient (Wildman–Crippen LogP) is 0.546. The van der Waals surface area contributed by atoms with Crippen LogP contribution in [0.3, 0.4) is 0 Å². The number of benzene rings is 1. The lowest BCUT2D eigenvalue weighted by molar-refractivity contribution is -0.142. The molecule has 20 heavy (non-hydrogen) atoms. The third-order valence-electron chi connectivity index (χ3n) is 2.45. The van der Waals surface area contributed by atoms with Crippen molar-refractivity contribution in [2.24, 2.45) is 0 Å². The molecule has 0 spiro atoms. The number of ether oxygens (including phenoxy) is 1. The van der Waals surface area contributed by atoms with Crippen LogP contribution in [-0.4, -0.2) is 41.3 Å². The average Bonchev–Trinajstić information content (AvgIpc) is 2.38. The van der Waals surface area contributed by atoms with Crippen LogP contribution in [0.15, 0.2) is 24.3 Å². The summed E-state index contributed by atoms with van der Waals surface area (Å²) >= 11 is 0. The highest BCUT2D eigenvalue weighted by Gasteiger charge is 2.18. The first-order valence-electron chi connectivity index (χ1n) is 6.04. The minimum atomic E-state index is -1.21. The van der Waals surface area contributed by atoms with Gasteiger partial charge in [0.1, 0.15) is 17.6 Å². The third kappa shape index (κ3) is 5.66. The molecule has 0 saturated carbocycles. The molecule has 0 unspecified atom stereocenters. The summed E-state index contributed by atoms with van der Waals surface area (Å²) in [5.74, 6) is -1.87. The lowest BCUT2D eigenvalue weighted by atomic mass is 10.2. The molecular weight excluding hydrogens is 269 g/mol. The fraction of sp³-hybridized carbons (Fsp3) is 0.385. The number of nitrogens with one attached hydrogen (secondary N) is 1. The van der Waals surface area contributed by atoms with E-state index in [0.717, 1.165) is 0 Å². The summed E-state index contributed by atoms with van der Waals surface area (Å²) in [5.41, 5.74) is 0. The number of aliphatic carboxylic acids is 1. The number of carbonyl (C=O) groups is 2. The molecule has 0 heterocycles. The summed E-state index contributed by atoms with van der Waals surface area (Å²) in [6.07, 6.45) is -0.127. The molecule has 0 saturated heterocycles. The Kier molecular flexibility index (Phi) is 6.45. The number of hydrogen-bond acceptors (Lipinski definition) is 4. The molecule has 1 rings (SSSR count). The minimum absolute atomic E-state index is 0.000745. The van der Waals surface area contributed by atoms with E-state index in [0.29, 0.717) is 5.75 Å². The second kappa shape index (κ2) is 8.11. The van der Waals surface area contributed by atoms with Gasteiger partial charge in [0.25, 0.3) is 0 Å². The van der Waals surface area contributed by atoms with Crippen molar-refractivity contribution in [3.8, 4) is 5.75 Å². The van der Waals surface area contributed by atoms with Crippen molar-refractivity contribution in [3.63, 3.8) is 0 Å². The number of amides is 1. The summed E-state index contributed by atoms with van der Waals surface area (Å²) in [6, 6.07) is 4.36. The van der Waals surface area contributed by atoms with Gasteiger partial charge in [0, 0.05) is 19.1 Å². The molecule has 0 radical (unpaired) electrons. The predicted molar refractivity (Wildman–Crippen MR) is 67.8 cm³/mol. The topological polar surface area (TPSA) is 95.9 Å². The second-order valence-electron chi connectivity index (χ2n) is 4.03. The Morgan fingerprint density at radius 3 is 2.75 bits per heavy atom. The highest BCUT2D eigenvalue weighted by Crippen LogP contribution is 2.11. The molecule has 0 aliphatic carbocycles. The molecule has 1 aromatic rings. The van der Waals surface area contributed by atoms with Gasteiger partial charge in [-0.05, 0) is 12.1 Å². The van der Waals surface area contributed by atoms with E-state index in [9.17, 15) is 14.0 Å². The summed E-state index contributed by atoms with van der Waals surface area (Å²) in [4.78, 5) is 22.2. The van der Waals surface area contributed by atoms with Gasteiger partial charge in [0.15, 0.2) is 0 Å². The van der Waals surface area contributed by atoms with Gasteiger partial charge < -0.3 is 20.3 Å². The molecule has 1 atom stereocenters. The SMILES string of the molecule is O=C(CCOc1cccc(F)c1)N[C@H](CCO)C(=O)O. The Balaban J connectivity index is 2.34. The fourth-order valence-electron chi connectivity index (χ4n) is 1.47. The quantitative estimate of drug-likeness (QED) is 0.648. The van der Waals surface area contributed by atoms with Crippen LogP contribution in [-0.2, 0) is 9.59 Å². The van der Waals surface area contributed by atoms with Crippen LogP contribution in [0.2, 0.25) is 0 Å². The highest BCUT2D eigenvalue weighted by molar-refractivity contribution is 5.83. The van der Waals surface area contributed by atoms with E-state index < -0.39 is 23.7 Å². The Morgan fingerprint density at radius 1 is 1.40 bits per heavy atom. The number of hydrogen-bond donors (Lipinski definition) is 3. The molecule has 0 fully saturated rings. The van der Waals surface area contributed by atoms with Gasteiger partial charge in [-0.3, -0.25) is 4.79 Å². The molecular formula is C13H16FNO5. The zero-order chi connectivity index (χ0) is 15.0. The number of aliphatic hydroxyl groups is 1. The van der Waals surface area contributed by atoms with Crippen LogP contribution in [0.5, 0.6) is 5.75 Å². The number of rotatable bonds is 8. The van der Waals surface area contributed by atoms with E-state index in [2.05, 4.69) is 5.32 Å². The number of carboxylic acids is 1. The minimum Gasteiger partial charge on any atom is -0.493 e. The molecule has 7 heteroatoms. The first kappa shape index (κ1) is 15.9. The van der Waals surface area contributed by atoms with E-state index in [-0.39, 0.29) is 26.1 Å². The summed E-state index contributed by atoms with van der Waals surface area (Å²) in [6.45, 7) is -0.336. The zero-order valence-electron chi connectivity index (χ0n) is 10.7. The normalized spacial score (nSPS) is 11.7. The number of carboxylic acid groups (broad SMARTS) is 1. The standard InChI is InChI=1S/C13H16FNO5/c14-9-2-1-3-10(8-9)20-7-5-12(17)15-11(4-6-16)13(18)19/h1-3,8,11,16H,4-7H2,(H,15,17)(H,18,19)/t11-/m1/s1. The van der Waals surface area contributed by atoms with Crippen molar-refractivity contribution in [1.82, 2.24) is 5.32 Å². The Morgan fingerprint density at radius 2 is 2.15 bits per heavy atom. The Labute approximate surface area is 115 Å². The van der Waals surface area contributed by atoms with Crippen molar-refractivity contribution in [2.45, 2.75) is 18.9 Å². The van der Waals surface area contributed by atoms with E-state index in [1.54, 1.807) is 6.07 Å². The number of aliphatic hydroxyl groups excluding tert-OH is 1. The van der Waals surface area contributed by atoms with Crippen LogP contribution in [0, 0.1) is 5.82 Å². The van der Waals surface area contributed by atoms with Crippen molar-refractivity contribution in [2.75, 3.05) is 13.2 Å². The van der Waals surface area contributed by atoms with Crippen LogP contribution in [0.1, 0.15) is 12.8 Å². The van der Waals surface area contributed by atoms with E-state index >= 15 is 0 Å². The summed E-state index contributed by atoms with van der Waals surface area (Å²) < 4.78 is 18.0. The van der Waals surface area contributed by atoms with E-state index in [1.807, 2.05) is 0 Å².